The van der Waals surface area contributed by atoms with E-state index in [9.17, 15) is 21.6 Å². The maximum atomic E-state index is 13.1. The number of rotatable bonds is 7. The summed E-state index contributed by atoms with van der Waals surface area (Å²) in [5.74, 6) is -0.983. The van der Waals surface area contributed by atoms with E-state index in [1.807, 2.05) is 78.9 Å². The first-order chi connectivity index (χ1) is 19.1. The van der Waals surface area contributed by atoms with Gasteiger partial charge in [-0.1, -0.05) is 66.7 Å². The maximum absolute atomic E-state index is 13.1. The fourth-order valence-corrected chi connectivity index (χ4v) is 4.81. The number of hydrogen-bond acceptors (Lipinski definition) is 6. The number of fused-ring (bicyclic) bond motifs is 1. The monoisotopic (exact) mass is 565 g/mol. The second-order valence-corrected chi connectivity index (χ2v) is 10.3. The molecule has 0 unspecified atom stereocenters. The Balaban J connectivity index is 1.60. The number of alkyl halides is 3. The lowest BCUT2D eigenvalue weighted by Gasteiger charge is -2.17. The summed E-state index contributed by atoms with van der Waals surface area (Å²) >= 11 is 0. The number of methoxy groups -OCH3 is 2. The van der Waals surface area contributed by atoms with Gasteiger partial charge in [0.25, 0.3) is 0 Å². The zero-order valence-electron chi connectivity index (χ0n) is 21.3. The highest BCUT2D eigenvalue weighted by Gasteiger charge is 2.49. The molecule has 0 radical (unpaired) electrons. The van der Waals surface area contributed by atoms with Crippen LogP contribution in [0.3, 0.4) is 0 Å². The lowest BCUT2D eigenvalue weighted by atomic mass is 9.96. The van der Waals surface area contributed by atoms with Crippen molar-refractivity contribution in [2.75, 3.05) is 14.2 Å². The summed E-state index contributed by atoms with van der Waals surface area (Å²) in [6.45, 7) is 0. The lowest BCUT2D eigenvalue weighted by Crippen LogP contribution is -2.28. The van der Waals surface area contributed by atoms with Gasteiger partial charge in [-0.3, -0.25) is 4.98 Å². The Morgan fingerprint density at radius 1 is 0.675 bits per heavy atom. The quantitative estimate of drug-likeness (QED) is 0.150. The number of halogens is 3. The average molecular weight is 566 g/mol. The lowest BCUT2D eigenvalue weighted by molar-refractivity contribution is -0.0500. The molecule has 0 aliphatic carbocycles. The van der Waals surface area contributed by atoms with Gasteiger partial charge >= 0.3 is 15.6 Å². The van der Waals surface area contributed by atoms with Crippen LogP contribution in [0.1, 0.15) is 0 Å². The van der Waals surface area contributed by atoms with E-state index in [4.69, 9.17) is 9.47 Å². The maximum Gasteiger partial charge on any atom is 0.534 e. The number of pyridine rings is 1. The Hall–Kier alpha value is -4.57. The van der Waals surface area contributed by atoms with Crippen LogP contribution in [0.15, 0.2) is 97.2 Å². The molecule has 10 heteroatoms. The van der Waals surface area contributed by atoms with E-state index in [1.54, 1.807) is 0 Å². The van der Waals surface area contributed by atoms with Crippen LogP contribution in [-0.2, 0) is 10.1 Å². The molecule has 1 heterocycles. The standard InChI is InChI=1S/C30H22F3NO5S/c1-37-27-16-22(17-28(29(27)38-2)39-40(35,36)30(31,32)33)23-15-25-24(9-6-10-26(25)34-18-23)21-13-11-20(12-14-21)19-7-4-3-5-8-19/h3-18H,1-2H3. The largest absolute Gasteiger partial charge is 0.534 e. The Morgan fingerprint density at radius 2 is 1.32 bits per heavy atom. The van der Waals surface area contributed by atoms with Crippen molar-refractivity contribution in [1.29, 1.82) is 0 Å². The second kappa shape index (κ2) is 10.5. The molecule has 4 aromatic carbocycles. The number of ether oxygens (including phenoxy) is 2. The molecule has 204 valence electrons. The SMILES string of the molecule is COc1cc(-c2cnc3cccc(-c4ccc(-c5ccccc5)cc4)c3c2)cc(OS(=O)(=O)C(F)(F)F)c1OC. The Labute approximate surface area is 228 Å². The Kier molecular flexibility index (Phi) is 7.12. The van der Waals surface area contributed by atoms with E-state index in [1.165, 1.54) is 19.4 Å². The summed E-state index contributed by atoms with van der Waals surface area (Å²) in [4.78, 5) is 4.54. The van der Waals surface area contributed by atoms with E-state index in [0.717, 1.165) is 40.8 Å². The first kappa shape index (κ1) is 27.0. The normalized spacial score (nSPS) is 11.8. The van der Waals surface area contributed by atoms with Crippen LogP contribution in [0.2, 0.25) is 0 Å². The highest BCUT2D eigenvalue weighted by molar-refractivity contribution is 7.88. The minimum absolute atomic E-state index is 0.0164. The summed E-state index contributed by atoms with van der Waals surface area (Å²) in [5.41, 5.74) is -0.129. The summed E-state index contributed by atoms with van der Waals surface area (Å²) in [6, 6.07) is 28.2. The van der Waals surface area contributed by atoms with Gasteiger partial charge in [0, 0.05) is 17.1 Å². The topological polar surface area (TPSA) is 74.7 Å². The summed E-state index contributed by atoms with van der Waals surface area (Å²) in [5, 5.41) is 0.785. The van der Waals surface area contributed by atoms with Crippen molar-refractivity contribution in [3.05, 3.63) is 97.2 Å². The molecule has 0 fully saturated rings. The summed E-state index contributed by atoms with van der Waals surface area (Å²) < 4.78 is 77.6. The molecule has 5 aromatic rings. The van der Waals surface area contributed by atoms with Gasteiger partial charge in [-0.05, 0) is 52.1 Å². The van der Waals surface area contributed by atoms with E-state index in [0.29, 0.717) is 16.6 Å². The first-order valence-electron chi connectivity index (χ1n) is 11.9. The average Bonchev–Trinajstić information content (AvgIpc) is 2.96. The van der Waals surface area contributed by atoms with Crippen molar-refractivity contribution >= 4 is 21.0 Å². The molecule has 0 N–H and O–H groups in total. The van der Waals surface area contributed by atoms with E-state index < -0.39 is 21.4 Å². The number of aromatic nitrogens is 1. The Morgan fingerprint density at radius 3 is 1.98 bits per heavy atom. The van der Waals surface area contributed by atoms with E-state index in [2.05, 4.69) is 9.17 Å². The van der Waals surface area contributed by atoms with Gasteiger partial charge in [0.2, 0.25) is 5.75 Å². The molecular weight excluding hydrogens is 543 g/mol. The fourth-order valence-electron chi connectivity index (χ4n) is 4.36. The molecule has 0 bridgehead atoms. The second-order valence-electron chi connectivity index (χ2n) is 8.73. The van der Waals surface area contributed by atoms with E-state index >= 15 is 0 Å². The van der Waals surface area contributed by atoms with Gasteiger partial charge < -0.3 is 13.7 Å². The molecule has 40 heavy (non-hydrogen) atoms. The van der Waals surface area contributed by atoms with Gasteiger partial charge in [0.05, 0.1) is 19.7 Å². The number of benzene rings is 4. The van der Waals surface area contributed by atoms with Crippen LogP contribution in [0.25, 0.3) is 44.3 Å². The number of nitrogens with zero attached hydrogens (tertiary/aromatic N) is 1. The molecule has 0 saturated heterocycles. The third-order valence-corrected chi connectivity index (χ3v) is 7.26. The first-order valence-corrected chi connectivity index (χ1v) is 13.3. The zero-order chi connectivity index (χ0) is 28.5. The highest BCUT2D eigenvalue weighted by Crippen LogP contribution is 2.44. The van der Waals surface area contributed by atoms with Crippen molar-refractivity contribution in [2.24, 2.45) is 0 Å². The molecular formula is C30H22F3NO5S. The molecule has 0 aliphatic heterocycles. The van der Waals surface area contributed by atoms with Crippen molar-refractivity contribution in [2.45, 2.75) is 5.51 Å². The molecule has 0 amide bonds. The van der Waals surface area contributed by atoms with Gasteiger partial charge in [0.1, 0.15) is 0 Å². The van der Waals surface area contributed by atoms with Crippen LogP contribution >= 0.6 is 0 Å². The molecule has 0 spiro atoms. The predicted molar refractivity (Wildman–Crippen MR) is 147 cm³/mol. The molecule has 6 nitrogen and oxygen atoms in total. The molecule has 0 aliphatic rings. The van der Waals surface area contributed by atoms with Crippen molar-refractivity contribution < 1.29 is 35.2 Å². The number of hydrogen-bond donors (Lipinski definition) is 0. The molecule has 0 saturated carbocycles. The van der Waals surface area contributed by atoms with Crippen LogP contribution in [-0.4, -0.2) is 33.1 Å². The van der Waals surface area contributed by atoms with Crippen molar-refractivity contribution in [1.82, 2.24) is 4.98 Å². The Bertz CT molecular complexity index is 1790. The minimum atomic E-state index is -5.96. The van der Waals surface area contributed by atoms with Crippen molar-refractivity contribution in [3.63, 3.8) is 0 Å². The smallest absolute Gasteiger partial charge is 0.493 e. The molecule has 1 aromatic heterocycles. The van der Waals surface area contributed by atoms with Gasteiger partial charge in [-0.25, -0.2) is 0 Å². The third kappa shape index (κ3) is 5.17. The van der Waals surface area contributed by atoms with Crippen molar-refractivity contribution in [3.8, 4) is 50.6 Å². The third-order valence-electron chi connectivity index (χ3n) is 6.29. The fraction of sp³-hybridized carbons (Fsp3) is 0.100. The van der Waals surface area contributed by atoms with Crippen LogP contribution < -0.4 is 13.7 Å². The highest BCUT2D eigenvalue weighted by atomic mass is 32.2. The van der Waals surface area contributed by atoms with E-state index in [-0.39, 0.29) is 11.5 Å². The van der Waals surface area contributed by atoms with Gasteiger partial charge in [0.15, 0.2) is 11.5 Å². The van der Waals surface area contributed by atoms with Crippen LogP contribution in [0.4, 0.5) is 13.2 Å². The van der Waals surface area contributed by atoms with Gasteiger partial charge in [-0.15, -0.1) is 0 Å². The van der Waals surface area contributed by atoms with Crippen LogP contribution in [0.5, 0.6) is 17.2 Å². The molecule has 0 atom stereocenters. The summed E-state index contributed by atoms with van der Waals surface area (Å²) in [6.07, 6.45) is 1.54. The van der Waals surface area contributed by atoms with Crippen LogP contribution in [0, 0.1) is 0 Å². The summed E-state index contributed by atoms with van der Waals surface area (Å²) in [7, 11) is -3.52. The minimum Gasteiger partial charge on any atom is -0.493 e. The molecule has 5 rings (SSSR count). The van der Waals surface area contributed by atoms with Gasteiger partial charge in [-0.2, -0.15) is 21.6 Å². The predicted octanol–water partition coefficient (Wildman–Crippen LogP) is 7.48. The zero-order valence-corrected chi connectivity index (χ0v) is 22.1.